The number of aliphatic hydroxyl groups is 1. The second-order valence-corrected chi connectivity index (χ2v) is 14.6. The molecule has 3 aliphatic heterocycles. The van der Waals surface area contributed by atoms with E-state index >= 15 is 9.18 Å². The Morgan fingerprint density at radius 3 is 2.52 bits per heavy atom. The van der Waals surface area contributed by atoms with Gasteiger partial charge in [0.15, 0.2) is 5.66 Å². The molecule has 0 bridgehead atoms. The van der Waals surface area contributed by atoms with Crippen molar-refractivity contribution in [2.24, 2.45) is 5.41 Å². The number of ether oxygens (including phenoxy) is 2. The lowest BCUT2D eigenvalue weighted by atomic mass is 9.86. The molecule has 0 saturated carbocycles. The third kappa shape index (κ3) is 6.03. The number of aliphatic hydroxyl groups excluding tert-OH is 1. The number of amides is 2. The number of nitrogens with zero attached hydrogens (tertiary/aromatic N) is 7. The minimum absolute atomic E-state index is 0.0563. The summed E-state index contributed by atoms with van der Waals surface area (Å²) in [6.07, 6.45) is 9.08. The van der Waals surface area contributed by atoms with Crippen molar-refractivity contribution in [2.75, 3.05) is 46.4 Å². The average Bonchev–Trinajstić information content (AvgIpc) is 3.87. The number of hydrogen-bond donors (Lipinski definition) is 2. The van der Waals surface area contributed by atoms with Gasteiger partial charge >= 0.3 is 6.03 Å². The molecule has 4 aliphatic rings. The van der Waals surface area contributed by atoms with Crippen LogP contribution >= 0.6 is 0 Å². The van der Waals surface area contributed by atoms with E-state index in [1.165, 1.54) is 30.5 Å². The van der Waals surface area contributed by atoms with Crippen molar-refractivity contribution < 1.29 is 33.0 Å². The zero-order valence-electron chi connectivity index (χ0n) is 29.9. The molecule has 4 heterocycles. The number of rotatable bonds is 10. The van der Waals surface area contributed by atoms with E-state index in [1.54, 1.807) is 15.1 Å². The summed E-state index contributed by atoms with van der Waals surface area (Å²) in [5, 5.41) is 22.6. The van der Waals surface area contributed by atoms with Gasteiger partial charge in [-0.1, -0.05) is 74.5 Å². The molecule has 2 N–H and O–H groups in total. The van der Waals surface area contributed by atoms with Crippen LogP contribution in [0.5, 0.6) is 0 Å². The molecule has 5 atom stereocenters. The zero-order valence-corrected chi connectivity index (χ0v) is 29.9. The van der Waals surface area contributed by atoms with Gasteiger partial charge in [0, 0.05) is 44.2 Å². The first kappa shape index (κ1) is 36.3. The van der Waals surface area contributed by atoms with Gasteiger partial charge < -0.3 is 19.9 Å². The first-order chi connectivity index (χ1) is 25.0. The van der Waals surface area contributed by atoms with Crippen LogP contribution < -0.4 is 5.32 Å². The van der Waals surface area contributed by atoms with Crippen molar-refractivity contribution in [1.82, 2.24) is 40.1 Å². The molecule has 1 aliphatic carbocycles. The lowest BCUT2D eigenvalue weighted by Crippen LogP contribution is -2.69. The van der Waals surface area contributed by atoms with E-state index in [9.17, 15) is 9.50 Å². The number of hydrogen-bond acceptors (Lipinski definition) is 10. The highest BCUT2D eigenvalue weighted by atomic mass is 19.1. The highest BCUT2D eigenvalue weighted by Gasteiger charge is 2.70. The summed E-state index contributed by atoms with van der Waals surface area (Å²) in [4.78, 5) is 29.8. The summed E-state index contributed by atoms with van der Waals surface area (Å²) in [7, 11) is 1.49. The number of benzene rings is 2. The smallest absolute Gasteiger partial charge is 0.340 e. The van der Waals surface area contributed by atoms with Gasteiger partial charge in [0.25, 0.3) is 0 Å². The van der Waals surface area contributed by atoms with Gasteiger partial charge in [-0.2, -0.15) is 5.10 Å². The molecule has 3 fully saturated rings. The van der Waals surface area contributed by atoms with Crippen LogP contribution in [0, 0.1) is 17.0 Å². The molecule has 7 rings (SSSR count). The normalized spacial score (nSPS) is 29.4. The van der Waals surface area contributed by atoms with Crippen molar-refractivity contribution in [1.29, 1.82) is 0 Å². The van der Waals surface area contributed by atoms with Gasteiger partial charge in [0.1, 0.15) is 42.6 Å². The second kappa shape index (κ2) is 14.0. The molecule has 2 aromatic carbocycles. The van der Waals surface area contributed by atoms with Crippen molar-refractivity contribution in [3.63, 3.8) is 0 Å². The van der Waals surface area contributed by atoms with Gasteiger partial charge in [-0.25, -0.2) is 28.3 Å². The Balaban J connectivity index is 1.44. The van der Waals surface area contributed by atoms with Gasteiger partial charge in [0.05, 0.1) is 26.4 Å². The van der Waals surface area contributed by atoms with E-state index in [4.69, 9.17) is 14.3 Å². The van der Waals surface area contributed by atoms with E-state index in [1.807, 2.05) is 75.4 Å². The van der Waals surface area contributed by atoms with Crippen molar-refractivity contribution >= 4 is 6.03 Å². The third-order valence-corrected chi connectivity index (χ3v) is 10.5. The van der Waals surface area contributed by atoms with Crippen molar-refractivity contribution in [3.05, 3.63) is 108 Å². The fourth-order valence-electron chi connectivity index (χ4n) is 7.75. The second-order valence-electron chi connectivity index (χ2n) is 14.6. The number of allylic oxidation sites excluding steroid dienone is 2. The highest BCUT2D eigenvalue weighted by Crippen LogP contribution is 2.53. The summed E-state index contributed by atoms with van der Waals surface area (Å²) in [6.45, 7) is 8.02. The first-order valence-electron chi connectivity index (χ1n) is 17.6. The van der Waals surface area contributed by atoms with Gasteiger partial charge in [-0.15, -0.1) is 0 Å². The molecule has 278 valence electrons. The van der Waals surface area contributed by atoms with Crippen LogP contribution in [-0.4, -0.2) is 110 Å². The maximum Gasteiger partial charge on any atom is 0.340 e. The standard InChI is InChI=1S/C37H46F2N8O5/c1-34(2,3)31(48)22-45-33(49)46(35(15-9-6-10-16-35)43-19-17-40-18-20-43)47(50-4)37(45,27-11-7-5-8-12-27)32-23-51-36(52-32,24-44-26-41-25-42-44)29-14-13-28(38)21-30(29)39/h5-15,21,25-26,31-32,40,48H,16-20,22-24H2,1-4H3. The molecular formula is C37H46F2N8O5. The van der Waals surface area contributed by atoms with Crippen LogP contribution in [0.1, 0.15) is 38.3 Å². The Bertz CT molecular complexity index is 1790. The predicted octanol–water partition coefficient (Wildman–Crippen LogP) is 3.72. The van der Waals surface area contributed by atoms with Crippen LogP contribution in [0.2, 0.25) is 0 Å². The minimum atomic E-state index is -1.84. The summed E-state index contributed by atoms with van der Waals surface area (Å²) < 4.78 is 45.1. The number of halogens is 2. The van der Waals surface area contributed by atoms with Crippen LogP contribution in [0.4, 0.5) is 13.6 Å². The summed E-state index contributed by atoms with van der Waals surface area (Å²) in [6, 6.07) is 12.1. The number of hydrazine groups is 1. The Hall–Kier alpha value is -4.09. The van der Waals surface area contributed by atoms with Crippen molar-refractivity contribution in [3.8, 4) is 0 Å². The van der Waals surface area contributed by atoms with Crippen molar-refractivity contribution in [2.45, 2.75) is 63.1 Å². The van der Waals surface area contributed by atoms with E-state index in [-0.39, 0.29) is 25.3 Å². The Labute approximate surface area is 302 Å². The lowest BCUT2D eigenvalue weighted by Gasteiger charge is -2.52. The maximum atomic E-state index is 15.8. The molecule has 2 amide bonds. The molecule has 1 aromatic heterocycles. The number of carbonyl (C=O) groups is 1. The molecule has 3 saturated heterocycles. The first-order valence-corrected chi connectivity index (χ1v) is 17.6. The molecule has 5 unspecified atom stereocenters. The molecule has 0 spiro atoms. The fourth-order valence-corrected chi connectivity index (χ4v) is 7.75. The van der Waals surface area contributed by atoms with Crippen LogP contribution in [0.3, 0.4) is 0 Å². The number of β-amino-alcohol motifs (C(OH)–C–C–N with tert-alkyl or cyclic N) is 1. The lowest BCUT2D eigenvalue weighted by molar-refractivity contribution is -0.354. The van der Waals surface area contributed by atoms with E-state index in [2.05, 4.69) is 20.3 Å². The maximum absolute atomic E-state index is 15.8. The monoisotopic (exact) mass is 720 g/mol. The fraction of sp³-hybridized carbons (Fsp3) is 0.486. The van der Waals surface area contributed by atoms with Gasteiger partial charge in [0.2, 0.25) is 5.79 Å². The van der Waals surface area contributed by atoms with Crippen LogP contribution in [0.15, 0.2) is 85.5 Å². The predicted molar refractivity (Wildman–Crippen MR) is 185 cm³/mol. The third-order valence-electron chi connectivity index (χ3n) is 10.5. The quantitative estimate of drug-likeness (QED) is 0.321. The Morgan fingerprint density at radius 2 is 1.88 bits per heavy atom. The molecule has 13 nitrogen and oxygen atoms in total. The Kier molecular flexibility index (Phi) is 9.80. The largest absolute Gasteiger partial charge is 0.391 e. The van der Waals surface area contributed by atoms with Crippen LogP contribution in [0.25, 0.3) is 0 Å². The van der Waals surface area contributed by atoms with E-state index in [0.717, 1.165) is 25.2 Å². The topological polar surface area (TPSA) is 121 Å². The minimum Gasteiger partial charge on any atom is -0.391 e. The molecular weight excluding hydrogens is 674 g/mol. The number of carbonyl (C=O) groups excluding carboxylic acids is 1. The molecule has 0 radical (unpaired) electrons. The van der Waals surface area contributed by atoms with E-state index in [0.29, 0.717) is 25.1 Å². The Morgan fingerprint density at radius 1 is 1.12 bits per heavy atom. The molecule has 3 aromatic rings. The molecule has 52 heavy (non-hydrogen) atoms. The number of piperazine rings is 1. The van der Waals surface area contributed by atoms with E-state index < -0.39 is 52.4 Å². The number of hydroxylamine groups is 1. The summed E-state index contributed by atoms with van der Waals surface area (Å²) in [5.41, 5.74) is -2.72. The summed E-state index contributed by atoms with van der Waals surface area (Å²) >= 11 is 0. The number of urea groups is 1. The van der Waals surface area contributed by atoms with Crippen LogP contribution in [-0.2, 0) is 32.3 Å². The van der Waals surface area contributed by atoms with Gasteiger partial charge in [-0.3, -0.25) is 14.6 Å². The number of nitrogens with one attached hydrogen (secondary N) is 1. The zero-order chi connectivity index (χ0) is 36.7. The SMILES string of the molecule is CON1N(C2(N3CCNCC3)C=CC=CC2)C(=O)N(CC(O)C(C)(C)C)C1(c1ccccc1)C1COC(Cn2cncn2)(c2ccc(F)cc2F)O1. The average molecular weight is 721 g/mol. The number of aromatic nitrogens is 3. The molecule has 15 heteroatoms. The highest BCUT2D eigenvalue weighted by molar-refractivity contribution is 5.79. The van der Waals surface area contributed by atoms with Gasteiger partial charge in [-0.05, 0) is 29.2 Å². The summed E-state index contributed by atoms with van der Waals surface area (Å²) in [5.74, 6) is -3.48.